The fourth-order valence-electron chi connectivity index (χ4n) is 2.02. The van der Waals surface area contributed by atoms with Crippen LogP contribution in [-0.2, 0) is 33.3 Å². The van der Waals surface area contributed by atoms with Crippen molar-refractivity contribution in [1.29, 1.82) is 0 Å². The van der Waals surface area contributed by atoms with Gasteiger partial charge in [-0.15, -0.1) is 0 Å². The SMILES string of the molecule is CC(C)(C)C(=O)OC1COC(Br)C(OC(=O)C(C)(C)C)C1OC(=O)C(C)(C)C. The van der Waals surface area contributed by atoms with Crippen molar-refractivity contribution in [1.82, 2.24) is 0 Å². The van der Waals surface area contributed by atoms with Crippen molar-refractivity contribution in [3.05, 3.63) is 0 Å². The molecule has 0 aromatic carbocycles. The zero-order valence-electron chi connectivity index (χ0n) is 18.3. The Hall–Kier alpha value is -1.15. The Bertz CT molecular complexity index is 595. The Kier molecular flexibility index (Phi) is 7.73. The summed E-state index contributed by atoms with van der Waals surface area (Å²) in [6, 6.07) is 0. The van der Waals surface area contributed by atoms with Gasteiger partial charge in [-0.1, -0.05) is 15.9 Å². The number of halogens is 1. The molecular formula is C20H33BrO7. The van der Waals surface area contributed by atoms with Crippen LogP contribution in [0, 0.1) is 16.2 Å². The minimum Gasteiger partial charge on any atom is -0.455 e. The highest BCUT2D eigenvalue weighted by Gasteiger charge is 2.49. The Morgan fingerprint density at radius 1 is 0.714 bits per heavy atom. The summed E-state index contributed by atoms with van der Waals surface area (Å²) < 4.78 is 22.5. The lowest BCUT2D eigenvalue weighted by molar-refractivity contribution is -0.223. The van der Waals surface area contributed by atoms with Crippen molar-refractivity contribution in [2.24, 2.45) is 16.2 Å². The molecule has 1 fully saturated rings. The first-order valence-corrected chi connectivity index (χ1v) is 10.2. The summed E-state index contributed by atoms with van der Waals surface area (Å²) in [7, 11) is 0. The van der Waals surface area contributed by atoms with Gasteiger partial charge in [0.2, 0.25) is 0 Å². The lowest BCUT2D eigenvalue weighted by atomic mass is 9.95. The van der Waals surface area contributed by atoms with Gasteiger partial charge in [-0.2, -0.15) is 0 Å². The summed E-state index contributed by atoms with van der Waals surface area (Å²) in [6.45, 7) is 15.5. The number of esters is 3. The summed E-state index contributed by atoms with van der Waals surface area (Å²) in [5, 5.41) is -0.707. The maximum absolute atomic E-state index is 12.5. The van der Waals surface area contributed by atoms with Gasteiger partial charge in [-0.25, -0.2) is 0 Å². The van der Waals surface area contributed by atoms with Crippen LogP contribution >= 0.6 is 15.9 Å². The van der Waals surface area contributed by atoms with Crippen LogP contribution in [-0.4, -0.2) is 47.8 Å². The minimum absolute atomic E-state index is 0.00337. The molecule has 0 aliphatic carbocycles. The quantitative estimate of drug-likeness (QED) is 0.358. The smallest absolute Gasteiger partial charge is 0.311 e. The second-order valence-electron chi connectivity index (χ2n) is 10.1. The highest BCUT2D eigenvalue weighted by molar-refractivity contribution is 9.09. The molecule has 162 valence electrons. The molecule has 0 saturated carbocycles. The highest BCUT2D eigenvalue weighted by Crippen LogP contribution is 2.32. The molecule has 4 unspecified atom stereocenters. The van der Waals surface area contributed by atoms with Gasteiger partial charge in [0.05, 0.1) is 22.9 Å². The first-order chi connectivity index (χ1) is 12.4. The van der Waals surface area contributed by atoms with Crippen molar-refractivity contribution in [2.45, 2.75) is 85.6 Å². The monoisotopic (exact) mass is 464 g/mol. The normalized spacial score (nSPS) is 26.4. The van der Waals surface area contributed by atoms with Gasteiger partial charge in [0, 0.05) is 0 Å². The van der Waals surface area contributed by atoms with Gasteiger partial charge in [0.15, 0.2) is 23.3 Å². The number of rotatable bonds is 3. The molecule has 1 saturated heterocycles. The van der Waals surface area contributed by atoms with Crippen LogP contribution in [0.25, 0.3) is 0 Å². The van der Waals surface area contributed by atoms with Crippen molar-refractivity contribution in [2.75, 3.05) is 6.61 Å². The molecular weight excluding hydrogens is 432 g/mol. The highest BCUT2D eigenvalue weighted by atomic mass is 79.9. The lowest BCUT2D eigenvalue weighted by Gasteiger charge is -2.41. The van der Waals surface area contributed by atoms with E-state index in [1.807, 2.05) is 0 Å². The standard InChI is InChI=1S/C20H33BrO7/c1-18(2,3)15(22)26-11-10-25-14(21)13(28-17(24)20(7,8)9)12(11)27-16(23)19(4,5)6/h11-14H,10H2,1-9H3. The van der Waals surface area contributed by atoms with Gasteiger partial charge >= 0.3 is 17.9 Å². The van der Waals surface area contributed by atoms with E-state index in [9.17, 15) is 14.4 Å². The summed E-state index contributed by atoms with van der Waals surface area (Å²) in [6.07, 6.45) is -2.86. The zero-order valence-corrected chi connectivity index (χ0v) is 19.8. The van der Waals surface area contributed by atoms with Crippen LogP contribution in [0.5, 0.6) is 0 Å². The average molecular weight is 465 g/mol. The average Bonchev–Trinajstić information content (AvgIpc) is 2.49. The third kappa shape index (κ3) is 6.72. The van der Waals surface area contributed by atoms with Crippen LogP contribution in [0.15, 0.2) is 0 Å². The molecule has 1 aliphatic rings. The first-order valence-electron chi connectivity index (χ1n) is 9.33. The summed E-state index contributed by atoms with van der Waals surface area (Å²) >= 11 is 3.33. The molecule has 0 amide bonds. The maximum Gasteiger partial charge on any atom is 0.311 e. The van der Waals surface area contributed by atoms with E-state index >= 15 is 0 Å². The fraction of sp³-hybridized carbons (Fsp3) is 0.850. The fourth-order valence-corrected chi connectivity index (χ4v) is 2.58. The van der Waals surface area contributed by atoms with Gasteiger partial charge in [-0.3, -0.25) is 14.4 Å². The molecule has 8 heteroatoms. The summed E-state index contributed by atoms with van der Waals surface area (Å²) in [4.78, 5) is 37.4. The lowest BCUT2D eigenvalue weighted by Crippen LogP contribution is -2.57. The molecule has 0 spiro atoms. The second kappa shape index (κ2) is 8.69. The largest absolute Gasteiger partial charge is 0.455 e. The Labute approximate surface area is 175 Å². The van der Waals surface area contributed by atoms with Crippen LogP contribution in [0.2, 0.25) is 0 Å². The van der Waals surface area contributed by atoms with Crippen molar-refractivity contribution in [3.63, 3.8) is 0 Å². The number of carbonyl (C=O) groups is 3. The molecule has 0 bridgehead atoms. The van der Waals surface area contributed by atoms with E-state index in [4.69, 9.17) is 18.9 Å². The molecule has 28 heavy (non-hydrogen) atoms. The molecule has 0 radical (unpaired) electrons. The number of hydrogen-bond acceptors (Lipinski definition) is 7. The predicted molar refractivity (Wildman–Crippen MR) is 107 cm³/mol. The van der Waals surface area contributed by atoms with E-state index in [1.54, 1.807) is 62.3 Å². The topological polar surface area (TPSA) is 88.1 Å². The molecule has 1 aliphatic heterocycles. The maximum atomic E-state index is 12.5. The van der Waals surface area contributed by atoms with Gasteiger partial charge in [0.1, 0.15) is 0 Å². The summed E-state index contributed by atoms with van der Waals surface area (Å²) in [5.74, 6) is -1.44. The first kappa shape index (κ1) is 24.9. The van der Waals surface area contributed by atoms with E-state index < -0.39 is 57.5 Å². The van der Waals surface area contributed by atoms with Crippen LogP contribution in [0.1, 0.15) is 62.3 Å². The molecule has 4 atom stereocenters. The Morgan fingerprint density at radius 3 is 1.46 bits per heavy atom. The zero-order chi connectivity index (χ0) is 22.1. The van der Waals surface area contributed by atoms with Gasteiger partial charge in [0.25, 0.3) is 0 Å². The van der Waals surface area contributed by atoms with Crippen LogP contribution < -0.4 is 0 Å². The molecule has 0 aromatic rings. The van der Waals surface area contributed by atoms with E-state index in [1.165, 1.54) is 0 Å². The van der Waals surface area contributed by atoms with Gasteiger partial charge in [-0.05, 0) is 62.3 Å². The summed E-state index contributed by atoms with van der Waals surface area (Å²) in [5.41, 5.74) is -2.29. The minimum atomic E-state index is -0.998. The van der Waals surface area contributed by atoms with Crippen LogP contribution in [0.4, 0.5) is 0 Å². The second-order valence-corrected chi connectivity index (χ2v) is 11.0. The van der Waals surface area contributed by atoms with E-state index in [0.717, 1.165) is 0 Å². The molecule has 1 heterocycles. The third-order valence-electron chi connectivity index (χ3n) is 3.95. The van der Waals surface area contributed by atoms with E-state index in [-0.39, 0.29) is 6.61 Å². The molecule has 0 aromatic heterocycles. The number of carbonyl (C=O) groups excluding carboxylic acids is 3. The predicted octanol–water partition coefficient (Wildman–Crippen LogP) is 3.61. The Balaban J connectivity index is 3.18. The van der Waals surface area contributed by atoms with E-state index in [2.05, 4.69) is 15.9 Å². The molecule has 0 N–H and O–H groups in total. The van der Waals surface area contributed by atoms with Crippen molar-refractivity contribution in [3.8, 4) is 0 Å². The number of hydrogen-bond donors (Lipinski definition) is 0. The van der Waals surface area contributed by atoms with Gasteiger partial charge < -0.3 is 18.9 Å². The van der Waals surface area contributed by atoms with Crippen LogP contribution in [0.3, 0.4) is 0 Å². The third-order valence-corrected chi connectivity index (χ3v) is 4.74. The number of alkyl halides is 1. The number of ether oxygens (including phenoxy) is 4. The van der Waals surface area contributed by atoms with E-state index in [0.29, 0.717) is 0 Å². The van der Waals surface area contributed by atoms with Crippen molar-refractivity contribution >= 4 is 33.8 Å². The molecule has 7 nitrogen and oxygen atoms in total. The Morgan fingerprint density at radius 2 is 1.07 bits per heavy atom. The molecule has 1 rings (SSSR count). The van der Waals surface area contributed by atoms with Crippen molar-refractivity contribution < 1.29 is 33.3 Å².